The van der Waals surface area contributed by atoms with Crippen molar-refractivity contribution in [1.82, 2.24) is 4.98 Å². The third kappa shape index (κ3) is 3.67. The monoisotopic (exact) mass is 405 g/mol. The van der Waals surface area contributed by atoms with Gasteiger partial charge in [0, 0.05) is 5.38 Å². The predicted molar refractivity (Wildman–Crippen MR) is 114 cm³/mol. The van der Waals surface area contributed by atoms with Gasteiger partial charge in [0.25, 0.3) is 0 Å². The number of aldehydes is 1. The molecule has 0 radical (unpaired) electrons. The number of thiazole rings is 1. The number of para-hydroxylation sites is 1. The number of fused-ring (bicyclic) bond motifs is 1. The molecule has 1 heterocycles. The number of carbonyl (C=O) groups excluding carboxylic acids is 1. The summed E-state index contributed by atoms with van der Waals surface area (Å²) in [5.41, 5.74) is 2.19. The molecule has 0 saturated carbocycles. The molecule has 0 aliphatic carbocycles. The fourth-order valence-corrected chi connectivity index (χ4v) is 4.05. The van der Waals surface area contributed by atoms with Crippen molar-refractivity contribution < 1.29 is 19.0 Å². The van der Waals surface area contributed by atoms with Crippen molar-refractivity contribution in [3.63, 3.8) is 0 Å². The quantitative estimate of drug-likeness (QED) is 0.387. The minimum absolute atomic E-state index is 0.266. The van der Waals surface area contributed by atoms with Gasteiger partial charge in [0.2, 0.25) is 0 Å². The molecule has 4 aromatic rings. The maximum Gasteiger partial charge on any atom is 0.170 e. The number of ether oxygens (including phenoxy) is 3. The van der Waals surface area contributed by atoms with Crippen molar-refractivity contribution >= 4 is 28.4 Å². The molecular weight excluding hydrogens is 386 g/mol. The fourth-order valence-electron chi connectivity index (χ4n) is 3.23. The smallest absolute Gasteiger partial charge is 0.170 e. The number of carbonyl (C=O) groups is 1. The van der Waals surface area contributed by atoms with Crippen molar-refractivity contribution in [2.75, 3.05) is 14.2 Å². The van der Waals surface area contributed by atoms with Gasteiger partial charge >= 0.3 is 0 Å². The van der Waals surface area contributed by atoms with Gasteiger partial charge in [0.15, 0.2) is 17.8 Å². The summed E-state index contributed by atoms with van der Waals surface area (Å²) < 4.78 is 16.8. The van der Waals surface area contributed by atoms with Crippen LogP contribution in [0.2, 0.25) is 0 Å². The van der Waals surface area contributed by atoms with E-state index in [1.807, 2.05) is 60.0 Å². The average Bonchev–Trinajstić information content (AvgIpc) is 3.25. The third-order valence-corrected chi connectivity index (χ3v) is 5.53. The van der Waals surface area contributed by atoms with E-state index in [-0.39, 0.29) is 6.61 Å². The Morgan fingerprint density at radius 3 is 2.62 bits per heavy atom. The minimum Gasteiger partial charge on any atom is -0.493 e. The summed E-state index contributed by atoms with van der Waals surface area (Å²) in [6.45, 7) is 0.266. The van der Waals surface area contributed by atoms with E-state index >= 15 is 0 Å². The van der Waals surface area contributed by atoms with Crippen molar-refractivity contribution in [2.45, 2.75) is 6.61 Å². The number of hydrogen-bond acceptors (Lipinski definition) is 6. The van der Waals surface area contributed by atoms with Crippen molar-refractivity contribution in [2.24, 2.45) is 0 Å². The maximum absolute atomic E-state index is 11.7. The summed E-state index contributed by atoms with van der Waals surface area (Å²) in [6, 6.07) is 17.2. The van der Waals surface area contributed by atoms with Gasteiger partial charge in [0.05, 0.1) is 31.0 Å². The highest BCUT2D eigenvalue weighted by Gasteiger charge is 2.15. The zero-order valence-electron chi connectivity index (χ0n) is 16.0. The molecule has 0 aliphatic heterocycles. The highest BCUT2D eigenvalue weighted by atomic mass is 32.1. The molecule has 0 fully saturated rings. The van der Waals surface area contributed by atoms with Crippen LogP contribution in [-0.4, -0.2) is 25.5 Å². The first kappa shape index (κ1) is 19.0. The average molecular weight is 405 g/mol. The molecule has 0 amide bonds. The van der Waals surface area contributed by atoms with E-state index in [2.05, 4.69) is 4.98 Å². The second-order valence-electron chi connectivity index (χ2n) is 6.29. The Balaban J connectivity index is 1.58. The van der Waals surface area contributed by atoms with Gasteiger partial charge in [-0.25, -0.2) is 4.98 Å². The van der Waals surface area contributed by atoms with Crippen molar-refractivity contribution in [1.29, 1.82) is 0 Å². The first-order chi connectivity index (χ1) is 14.2. The van der Waals surface area contributed by atoms with Gasteiger partial charge in [-0.05, 0) is 29.0 Å². The summed E-state index contributed by atoms with van der Waals surface area (Å²) in [6.07, 6.45) is 0.839. The van der Waals surface area contributed by atoms with E-state index < -0.39 is 0 Å². The van der Waals surface area contributed by atoms with E-state index in [1.165, 1.54) is 11.3 Å². The summed E-state index contributed by atoms with van der Waals surface area (Å²) in [5, 5.41) is 4.63. The predicted octanol–water partition coefficient (Wildman–Crippen LogP) is 5.37. The second kappa shape index (κ2) is 8.32. The lowest BCUT2D eigenvalue weighted by Gasteiger charge is -2.11. The van der Waals surface area contributed by atoms with Crippen LogP contribution in [0.25, 0.3) is 21.3 Å². The normalized spacial score (nSPS) is 10.7. The molecule has 29 heavy (non-hydrogen) atoms. The van der Waals surface area contributed by atoms with Gasteiger partial charge in [-0.3, -0.25) is 4.79 Å². The van der Waals surface area contributed by atoms with Gasteiger partial charge in [-0.2, -0.15) is 0 Å². The molecule has 5 nitrogen and oxygen atoms in total. The van der Waals surface area contributed by atoms with E-state index in [0.717, 1.165) is 33.3 Å². The van der Waals surface area contributed by atoms with Crippen LogP contribution in [0.3, 0.4) is 0 Å². The molecule has 0 N–H and O–H groups in total. The van der Waals surface area contributed by atoms with Crippen LogP contribution >= 0.6 is 11.3 Å². The molecule has 6 heteroatoms. The van der Waals surface area contributed by atoms with E-state index in [4.69, 9.17) is 14.2 Å². The van der Waals surface area contributed by atoms with Crippen molar-refractivity contribution in [3.8, 4) is 27.8 Å². The molecule has 0 spiro atoms. The maximum atomic E-state index is 11.7. The summed E-state index contributed by atoms with van der Waals surface area (Å²) in [4.78, 5) is 16.3. The van der Waals surface area contributed by atoms with Crippen LogP contribution in [0.5, 0.6) is 17.2 Å². The number of methoxy groups -OCH3 is 2. The molecule has 0 unspecified atom stereocenters. The van der Waals surface area contributed by atoms with Crippen LogP contribution in [0.4, 0.5) is 0 Å². The molecule has 0 bridgehead atoms. The number of rotatable bonds is 7. The van der Waals surface area contributed by atoms with Gasteiger partial charge in [-0.15, -0.1) is 11.3 Å². The Bertz CT molecular complexity index is 1170. The lowest BCUT2D eigenvalue weighted by Crippen LogP contribution is -1.99. The summed E-state index contributed by atoms with van der Waals surface area (Å²) in [7, 11) is 3.22. The van der Waals surface area contributed by atoms with E-state index in [0.29, 0.717) is 22.8 Å². The SMILES string of the molecule is COc1cccc(-c2nc(COc3ccc4ccccc4c3C=O)cs2)c1OC. The van der Waals surface area contributed by atoms with Crippen LogP contribution in [0.1, 0.15) is 16.1 Å². The van der Waals surface area contributed by atoms with E-state index in [9.17, 15) is 4.79 Å². The second-order valence-corrected chi connectivity index (χ2v) is 7.15. The first-order valence-corrected chi connectivity index (χ1v) is 9.88. The standard InChI is InChI=1S/C23H19NO4S/c1-26-21-9-5-8-18(22(21)27-2)23-24-16(14-29-23)13-28-20-11-10-15-6-3-4-7-17(15)19(20)12-25/h3-12,14H,13H2,1-2H3. The van der Waals surface area contributed by atoms with Crippen LogP contribution < -0.4 is 14.2 Å². The Hall–Kier alpha value is -3.38. The van der Waals surface area contributed by atoms with Crippen LogP contribution in [0.15, 0.2) is 60.0 Å². The minimum atomic E-state index is 0.266. The van der Waals surface area contributed by atoms with Gasteiger partial charge in [0.1, 0.15) is 17.4 Å². The largest absolute Gasteiger partial charge is 0.493 e. The Labute approximate surface area is 172 Å². The highest BCUT2D eigenvalue weighted by Crippen LogP contribution is 2.39. The molecule has 1 aromatic heterocycles. The molecule has 0 saturated heterocycles. The topological polar surface area (TPSA) is 57.7 Å². The third-order valence-electron chi connectivity index (χ3n) is 4.61. The summed E-state index contributed by atoms with van der Waals surface area (Å²) in [5.74, 6) is 1.85. The Morgan fingerprint density at radius 1 is 0.966 bits per heavy atom. The molecule has 0 atom stereocenters. The number of benzene rings is 3. The van der Waals surface area contributed by atoms with Gasteiger partial charge < -0.3 is 14.2 Å². The van der Waals surface area contributed by atoms with Crippen molar-refractivity contribution in [3.05, 3.63) is 71.2 Å². The zero-order chi connectivity index (χ0) is 20.2. The fraction of sp³-hybridized carbons (Fsp3) is 0.130. The van der Waals surface area contributed by atoms with E-state index in [1.54, 1.807) is 14.2 Å². The van der Waals surface area contributed by atoms with Gasteiger partial charge in [-0.1, -0.05) is 36.4 Å². The number of aromatic nitrogens is 1. The summed E-state index contributed by atoms with van der Waals surface area (Å²) >= 11 is 1.50. The number of hydrogen-bond donors (Lipinski definition) is 0. The lowest BCUT2D eigenvalue weighted by atomic mass is 10.0. The first-order valence-electron chi connectivity index (χ1n) is 9.00. The van der Waals surface area contributed by atoms with Crippen LogP contribution in [-0.2, 0) is 6.61 Å². The molecule has 0 aliphatic rings. The van der Waals surface area contributed by atoms with Crippen LogP contribution in [0, 0.1) is 0 Å². The Morgan fingerprint density at radius 2 is 1.83 bits per heavy atom. The molecular formula is C23H19NO4S. The molecule has 3 aromatic carbocycles. The Kier molecular flexibility index (Phi) is 5.44. The molecule has 4 rings (SSSR count). The highest BCUT2D eigenvalue weighted by molar-refractivity contribution is 7.13. The molecule has 146 valence electrons. The zero-order valence-corrected chi connectivity index (χ0v) is 16.9. The lowest BCUT2D eigenvalue weighted by molar-refractivity contribution is 0.112. The number of nitrogens with zero attached hydrogens (tertiary/aromatic N) is 1.